The summed E-state index contributed by atoms with van der Waals surface area (Å²) in [7, 11) is -3.73. The molecule has 0 saturated carbocycles. The van der Waals surface area contributed by atoms with Crippen LogP contribution in [0.2, 0.25) is 0 Å². The zero-order valence-electron chi connectivity index (χ0n) is 16.5. The van der Waals surface area contributed by atoms with Crippen molar-refractivity contribution in [2.45, 2.75) is 24.4 Å². The van der Waals surface area contributed by atoms with Crippen molar-refractivity contribution in [2.75, 3.05) is 19.6 Å². The van der Waals surface area contributed by atoms with Gasteiger partial charge in [-0.15, -0.1) is 0 Å². The Bertz CT molecular complexity index is 1020. The van der Waals surface area contributed by atoms with E-state index in [9.17, 15) is 22.8 Å². The number of sulfonamides is 1. The third-order valence-corrected chi connectivity index (χ3v) is 5.17. The van der Waals surface area contributed by atoms with Gasteiger partial charge in [-0.3, -0.25) is 14.4 Å². The Kier molecular flexibility index (Phi) is 8.24. The Labute approximate surface area is 178 Å². The molecule has 2 rings (SSSR count). The van der Waals surface area contributed by atoms with Gasteiger partial charge in [-0.2, -0.15) is 0 Å². The van der Waals surface area contributed by atoms with Gasteiger partial charge in [0.2, 0.25) is 15.9 Å². The molecule has 0 fully saturated rings. The van der Waals surface area contributed by atoms with Crippen LogP contribution >= 0.6 is 0 Å². The standard InChI is InChI=1S/C18H23N5O7S/c19-31(29,30)14-3-1-13(2-4-14)5-6-20-9-15-21-7-8-22(15)10-16(24)23(11-17(25)26)12-18(27)28/h1-4,7-8,20H,5-6,9-12H2,(H,25,26)(H,27,28)(H2,19,29,30). The lowest BCUT2D eigenvalue weighted by molar-refractivity contribution is -0.149. The molecular formula is C18H23N5O7S. The predicted octanol–water partition coefficient (Wildman–Crippen LogP) is -1.14. The summed E-state index contributed by atoms with van der Waals surface area (Å²) in [6, 6.07) is 6.20. The fourth-order valence-electron chi connectivity index (χ4n) is 2.73. The normalized spacial score (nSPS) is 11.3. The summed E-state index contributed by atoms with van der Waals surface area (Å²) in [5.74, 6) is -2.75. The largest absolute Gasteiger partial charge is 0.480 e. The van der Waals surface area contributed by atoms with Gasteiger partial charge in [0.05, 0.1) is 11.4 Å². The molecule has 31 heavy (non-hydrogen) atoms. The number of hydrogen-bond acceptors (Lipinski definition) is 7. The van der Waals surface area contributed by atoms with Crippen LogP contribution in [0.5, 0.6) is 0 Å². The zero-order valence-corrected chi connectivity index (χ0v) is 17.3. The highest BCUT2D eigenvalue weighted by molar-refractivity contribution is 7.89. The van der Waals surface area contributed by atoms with E-state index in [-0.39, 0.29) is 11.4 Å². The van der Waals surface area contributed by atoms with Gasteiger partial charge in [0, 0.05) is 12.4 Å². The Hall–Kier alpha value is -3.29. The topological polar surface area (TPSA) is 185 Å². The molecule has 0 spiro atoms. The number of carbonyl (C=O) groups is 3. The lowest BCUT2D eigenvalue weighted by Gasteiger charge is -2.19. The van der Waals surface area contributed by atoms with Crippen molar-refractivity contribution in [1.82, 2.24) is 19.8 Å². The van der Waals surface area contributed by atoms with Crippen molar-refractivity contribution in [3.63, 3.8) is 0 Å². The number of nitrogens with one attached hydrogen (secondary N) is 1. The summed E-state index contributed by atoms with van der Waals surface area (Å²) in [5.41, 5.74) is 0.899. The monoisotopic (exact) mass is 453 g/mol. The van der Waals surface area contributed by atoms with E-state index in [0.717, 1.165) is 10.5 Å². The van der Waals surface area contributed by atoms with E-state index >= 15 is 0 Å². The summed E-state index contributed by atoms with van der Waals surface area (Å²) in [6.07, 6.45) is 3.63. The Morgan fingerprint density at radius 1 is 1.10 bits per heavy atom. The summed E-state index contributed by atoms with van der Waals surface area (Å²) in [4.78, 5) is 39.0. The van der Waals surface area contributed by atoms with Gasteiger partial charge in [-0.25, -0.2) is 18.5 Å². The first-order valence-corrected chi connectivity index (χ1v) is 10.6. The summed E-state index contributed by atoms with van der Waals surface area (Å²) in [5, 5.41) is 25.9. The van der Waals surface area contributed by atoms with Crippen LogP contribution < -0.4 is 10.5 Å². The molecule has 0 aliphatic carbocycles. The van der Waals surface area contributed by atoms with E-state index < -0.39 is 41.0 Å². The van der Waals surface area contributed by atoms with E-state index in [2.05, 4.69) is 10.3 Å². The number of aromatic nitrogens is 2. The molecule has 0 unspecified atom stereocenters. The Balaban J connectivity index is 1.88. The highest BCUT2D eigenvalue weighted by Crippen LogP contribution is 2.09. The molecule has 0 bridgehead atoms. The molecule has 1 heterocycles. The molecular weight excluding hydrogens is 430 g/mol. The van der Waals surface area contributed by atoms with Crippen LogP contribution in [-0.2, 0) is 43.9 Å². The minimum absolute atomic E-state index is 0.0377. The number of rotatable bonds is 12. The molecule has 0 saturated heterocycles. The van der Waals surface area contributed by atoms with Gasteiger partial charge in [-0.1, -0.05) is 12.1 Å². The number of carboxylic acids is 2. The second kappa shape index (κ2) is 10.7. The third kappa shape index (κ3) is 7.81. The highest BCUT2D eigenvalue weighted by Gasteiger charge is 2.20. The van der Waals surface area contributed by atoms with Gasteiger partial charge in [0.25, 0.3) is 0 Å². The average molecular weight is 453 g/mol. The first kappa shape index (κ1) is 24.0. The van der Waals surface area contributed by atoms with Gasteiger partial charge >= 0.3 is 11.9 Å². The zero-order chi connectivity index (χ0) is 23.0. The predicted molar refractivity (Wildman–Crippen MR) is 107 cm³/mol. The Morgan fingerprint density at radius 2 is 1.71 bits per heavy atom. The lowest BCUT2D eigenvalue weighted by atomic mass is 10.1. The molecule has 1 amide bonds. The van der Waals surface area contributed by atoms with Crippen LogP contribution in [0.3, 0.4) is 0 Å². The van der Waals surface area contributed by atoms with Crippen LogP contribution in [0.25, 0.3) is 0 Å². The van der Waals surface area contributed by atoms with E-state index in [1.165, 1.54) is 22.9 Å². The van der Waals surface area contributed by atoms with Crippen molar-refractivity contribution in [1.29, 1.82) is 0 Å². The van der Waals surface area contributed by atoms with Gasteiger partial charge in [0.1, 0.15) is 25.5 Å². The SMILES string of the molecule is NS(=O)(=O)c1ccc(CCNCc2nccn2CC(=O)N(CC(=O)O)CC(=O)O)cc1. The second-order valence-electron chi connectivity index (χ2n) is 6.62. The van der Waals surface area contributed by atoms with Crippen LogP contribution in [0.4, 0.5) is 0 Å². The van der Waals surface area contributed by atoms with Crippen molar-refractivity contribution < 1.29 is 33.0 Å². The molecule has 13 heteroatoms. The molecule has 2 aromatic rings. The fraction of sp³-hybridized carbons (Fsp3) is 0.333. The quantitative estimate of drug-likeness (QED) is 0.288. The van der Waals surface area contributed by atoms with Gasteiger partial charge in [0.15, 0.2) is 0 Å². The first-order chi connectivity index (χ1) is 14.6. The summed E-state index contributed by atoms with van der Waals surface area (Å²) >= 11 is 0. The average Bonchev–Trinajstić information content (AvgIpc) is 3.10. The number of imidazole rings is 1. The molecule has 0 atom stereocenters. The number of benzene rings is 1. The van der Waals surface area contributed by atoms with Gasteiger partial charge in [-0.05, 0) is 30.7 Å². The molecule has 0 aliphatic heterocycles. The van der Waals surface area contributed by atoms with Crippen LogP contribution in [0.1, 0.15) is 11.4 Å². The molecule has 168 valence electrons. The molecule has 1 aromatic carbocycles. The molecule has 0 radical (unpaired) electrons. The van der Waals surface area contributed by atoms with Crippen molar-refractivity contribution in [2.24, 2.45) is 5.14 Å². The molecule has 12 nitrogen and oxygen atoms in total. The highest BCUT2D eigenvalue weighted by atomic mass is 32.2. The summed E-state index contributed by atoms with van der Waals surface area (Å²) in [6.45, 7) is -0.811. The fourth-order valence-corrected chi connectivity index (χ4v) is 3.25. The minimum Gasteiger partial charge on any atom is -0.480 e. The number of carbonyl (C=O) groups excluding carboxylic acids is 1. The number of nitrogens with zero attached hydrogens (tertiary/aromatic N) is 3. The maximum absolute atomic E-state index is 12.3. The van der Waals surface area contributed by atoms with Gasteiger partial charge < -0.3 is 25.0 Å². The maximum atomic E-state index is 12.3. The number of nitrogens with two attached hydrogens (primary N) is 1. The maximum Gasteiger partial charge on any atom is 0.323 e. The third-order valence-electron chi connectivity index (χ3n) is 4.24. The minimum atomic E-state index is -3.73. The smallest absolute Gasteiger partial charge is 0.323 e. The van der Waals surface area contributed by atoms with Crippen LogP contribution in [-0.4, -0.2) is 70.6 Å². The van der Waals surface area contributed by atoms with Crippen molar-refractivity contribution >= 4 is 27.9 Å². The number of carboxylic acid groups (broad SMARTS) is 2. The van der Waals surface area contributed by atoms with E-state index in [1.807, 2.05) is 0 Å². The van der Waals surface area contributed by atoms with Crippen molar-refractivity contribution in [3.05, 3.63) is 48.0 Å². The van der Waals surface area contributed by atoms with Crippen LogP contribution in [0, 0.1) is 0 Å². The number of aliphatic carboxylic acids is 2. The first-order valence-electron chi connectivity index (χ1n) is 9.10. The Morgan fingerprint density at radius 3 is 2.26 bits per heavy atom. The molecule has 1 aromatic heterocycles. The van der Waals surface area contributed by atoms with Crippen LogP contribution in [0.15, 0.2) is 41.6 Å². The second-order valence-corrected chi connectivity index (χ2v) is 8.19. The summed E-state index contributed by atoms with van der Waals surface area (Å²) < 4.78 is 24.0. The lowest BCUT2D eigenvalue weighted by Crippen LogP contribution is -2.41. The van der Waals surface area contributed by atoms with E-state index in [4.69, 9.17) is 15.4 Å². The van der Waals surface area contributed by atoms with E-state index in [1.54, 1.807) is 18.3 Å². The van der Waals surface area contributed by atoms with E-state index in [0.29, 0.717) is 25.3 Å². The number of primary sulfonamides is 1. The van der Waals surface area contributed by atoms with Crippen molar-refractivity contribution in [3.8, 4) is 0 Å². The molecule has 5 N–H and O–H groups in total. The molecule has 0 aliphatic rings. The number of hydrogen-bond donors (Lipinski definition) is 4. The number of amides is 1.